The maximum atomic E-state index is 14.4. The standard InChI is InChI=1S/C25H28BrF3N2O2/c1-33-24(25(27,28)29,18-7-3-2-4-8-18)22(32)31-15-12-23(13-16-31)11-14-30-17-20(23)19-9-5-6-10-21(19)26/h2-10,20,30H,11-17H2,1H3/t20-,24+/m0/s1. The summed E-state index contributed by atoms with van der Waals surface area (Å²) in [5.41, 5.74) is -2.06. The third kappa shape index (κ3) is 4.21. The minimum absolute atomic E-state index is 0.0629. The van der Waals surface area contributed by atoms with E-state index < -0.39 is 17.7 Å². The number of hydrogen-bond donors (Lipinski definition) is 1. The highest BCUT2D eigenvalue weighted by Crippen LogP contribution is 2.51. The number of benzene rings is 2. The number of ether oxygens (including phenoxy) is 1. The van der Waals surface area contributed by atoms with Crippen LogP contribution in [0.15, 0.2) is 59.1 Å². The highest BCUT2D eigenvalue weighted by atomic mass is 79.9. The highest BCUT2D eigenvalue weighted by Gasteiger charge is 2.64. The largest absolute Gasteiger partial charge is 0.430 e. The van der Waals surface area contributed by atoms with Gasteiger partial charge in [0.2, 0.25) is 0 Å². The number of carbonyl (C=O) groups is 1. The molecule has 4 nitrogen and oxygen atoms in total. The second-order valence-corrected chi connectivity index (χ2v) is 9.79. The zero-order valence-corrected chi connectivity index (χ0v) is 20.1. The topological polar surface area (TPSA) is 41.6 Å². The quantitative estimate of drug-likeness (QED) is 0.594. The molecule has 2 aromatic rings. The van der Waals surface area contributed by atoms with Gasteiger partial charge in [-0.1, -0.05) is 64.5 Å². The predicted molar refractivity (Wildman–Crippen MR) is 124 cm³/mol. The fourth-order valence-electron chi connectivity index (χ4n) is 5.55. The molecule has 8 heteroatoms. The number of halogens is 4. The monoisotopic (exact) mass is 524 g/mol. The van der Waals surface area contributed by atoms with Crippen LogP contribution >= 0.6 is 15.9 Å². The number of rotatable bonds is 4. The molecule has 2 saturated heterocycles. The molecule has 0 aliphatic carbocycles. The van der Waals surface area contributed by atoms with E-state index in [2.05, 4.69) is 27.3 Å². The Hall–Kier alpha value is -1.90. The SMILES string of the molecule is CO[C@@](C(=O)N1CCC2(CCNC[C@H]2c2ccccc2Br)CC1)(c1ccccc1)C(F)(F)F. The van der Waals surface area contributed by atoms with Crippen LogP contribution in [0, 0.1) is 5.41 Å². The molecule has 4 rings (SSSR count). The zero-order valence-electron chi connectivity index (χ0n) is 18.5. The molecule has 33 heavy (non-hydrogen) atoms. The Bertz CT molecular complexity index is 977. The fourth-order valence-corrected chi connectivity index (χ4v) is 6.11. The summed E-state index contributed by atoms with van der Waals surface area (Å²) < 4.78 is 49.1. The molecule has 0 radical (unpaired) electrons. The van der Waals surface area contributed by atoms with Crippen molar-refractivity contribution in [3.05, 3.63) is 70.2 Å². The lowest BCUT2D eigenvalue weighted by molar-refractivity contribution is -0.271. The number of hydrogen-bond acceptors (Lipinski definition) is 3. The van der Waals surface area contributed by atoms with Crippen LogP contribution in [0.5, 0.6) is 0 Å². The van der Waals surface area contributed by atoms with Gasteiger partial charge in [-0.15, -0.1) is 0 Å². The smallest absolute Gasteiger partial charge is 0.356 e. The van der Waals surface area contributed by atoms with Gasteiger partial charge in [-0.2, -0.15) is 13.2 Å². The van der Waals surface area contributed by atoms with Gasteiger partial charge in [0.05, 0.1) is 0 Å². The third-order valence-electron chi connectivity index (χ3n) is 7.40. The van der Waals surface area contributed by atoms with Crippen molar-refractivity contribution in [3.8, 4) is 0 Å². The van der Waals surface area contributed by atoms with Crippen molar-refractivity contribution in [3.63, 3.8) is 0 Å². The second-order valence-electron chi connectivity index (χ2n) is 8.93. The Labute approximate surface area is 200 Å². The highest BCUT2D eigenvalue weighted by molar-refractivity contribution is 9.10. The number of nitrogens with one attached hydrogen (secondary N) is 1. The Morgan fingerprint density at radius 3 is 2.30 bits per heavy atom. The molecule has 0 bridgehead atoms. The van der Waals surface area contributed by atoms with Crippen LogP contribution in [-0.2, 0) is 15.1 Å². The van der Waals surface area contributed by atoms with E-state index in [-0.39, 0.29) is 30.0 Å². The van der Waals surface area contributed by atoms with Gasteiger partial charge in [0.25, 0.3) is 11.5 Å². The van der Waals surface area contributed by atoms with Gasteiger partial charge in [0.1, 0.15) is 0 Å². The van der Waals surface area contributed by atoms with Crippen LogP contribution in [0.3, 0.4) is 0 Å². The van der Waals surface area contributed by atoms with Crippen molar-refractivity contribution < 1.29 is 22.7 Å². The number of likely N-dealkylation sites (tertiary alicyclic amines) is 1. The third-order valence-corrected chi connectivity index (χ3v) is 8.12. The maximum absolute atomic E-state index is 14.4. The molecule has 0 unspecified atom stereocenters. The first-order valence-corrected chi connectivity index (χ1v) is 12.0. The number of nitrogens with zero attached hydrogens (tertiary/aromatic N) is 1. The van der Waals surface area contributed by atoms with Crippen LogP contribution in [-0.4, -0.2) is 50.3 Å². The Balaban J connectivity index is 1.61. The molecular formula is C25H28BrF3N2O2. The molecule has 1 amide bonds. The van der Waals surface area contributed by atoms with E-state index in [9.17, 15) is 18.0 Å². The molecule has 2 atom stereocenters. The average molecular weight is 525 g/mol. The first-order valence-electron chi connectivity index (χ1n) is 11.2. The Morgan fingerprint density at radius 1 is 1.06 bits per heavy atom. The average Bonchev–Trinajstić information content (AvgIpc) is 2.81. The van der Waals surface area contributed by atoms with Crippen LogP contribution in [0.2, 0.25) is 0 Å². The zero-order chi connectivity index (χ0) is 23.7. The Morgan fingerprint density at radius 2 is 1.70 bits per heavy atom. The van der Waals surface area contributed by atoms with Crippen LogP contribution in [0.4, 0.5) is 13.2 Å². The molecule has 178 valence electrons. The van der Waals surface area contributed by atoms with E-state index in [1.807, 2.05) is 18.2 Å². The van der Waals surface area contributed by atoms with Gasteiger partial charge >= 0.3 is 6.18 Å². The molecule has 2 heterocycles. The summed E-state index contributed by atoms with van der Waals surface area (Å²) >= 11 is 3.67. The molecular weight excluding hydrogens is 497 g/mol. The number of methoxy groups -OCH3 is 1. The summed E-state index contributed by atoms with van der Waals surface area (Å²) in [5, 5.41) is 3.47. The Kier molecular flexibility index (Phi) is 6.90. The number of piperidine rings is 2. The molecule has 1 N–H and O–H groups in total. The first kappa shape index (κ1) is 24.2. The van der Waals surface area contributed by atoms with Crippen molar-refractivity contribution >= 4 is 21.8 Å². The van der Waals surface area contributed by atoms with Gasteiger partial charge in [0, 0.05) is 42.7 Å². The summed E-state index contributed by atoms with van der Waals surface area (Å²) in [4.78, 5) is 14.8. The van der Waals surface area contributed by atoms with Crippen molar-refractivity contribution in [1.29, 1.82) is 0 Å². The van der Waals surface area contributed by atoms with Gasteiger partial charge in [-0.05, 0) is 42.9 Å². The van der Waals surface area contributed by atoms with Crippen LogP contribution < -0.4 is 5.32 Å². The summed E-state index contributed by atoms with van der Waals surface area (Å²) in [6, 6.07) is 15.3. The molecule has 2 aromatic carbocycles. The van der Waals surface area contributed by atoms with Gasteiger partial charge in [-0.25, -0.2) is 0 Å². The minimum Gasteiger partial charge on any atom is -0.356 e. The van der Waals surface area contributed by atoms with E-state index >= 15 is 0 Å². The normalized spacial score (nSPS) is 22.7. The summed E-state index contributed by atoms with van der Waals surface area (Å²) in [5.74, 6) is -0.812. The fraction of sp³-hybridized carbons (Fsp3) is 0.480. The van der Waals surface area contributed by atoms with E-state index in [1.165, 1.54) is 34.7 Å². The summed E-state index contributed by atoms with van der Waals surface area (Å²) in [6.45, 7) is 2.22. The van der Waals surface area contributed by atoms with E-state index in [0.29, 0.717) is 12.8 Å². The molecule has 0 aromatic heterocycles. The minimum atomic E-state index is -4.89. The number of carbonyl (C=O) groups excluding carboxylic acids is 1. The molecule has 2 aliphatic rings. The number of amides is 1. The van der Waals surface area contributed by atoms with Gasteiger partial charge in [0.15, 0.2) is 0 Å². The molecule has 2 aliphatic heterocycles. The van der Waals surface area contributed by atoms with Crippen molar-refractivity contribution in [2.45, 2.75) is 37.0 Å². The van der Waals surface area contributed by atoms with Crippen LogP contribution in [0.1, 0.15) is 36.3 Å². The molecule has 1 spiro atoms. The maximum Gasteiger partial charge on any atom is 0.430 e. The van der Waals surface area contributed by atoms with Gasteiger partial charge in [-0.3, -0.25) is 4.79 Å². The second kappa shape index (κ2) is 9.39. The summed E-state index contributed by atoms with van der Waals surface area (Å²) in [6.07, 6.45) is -2.66. The molecule has 0 saturated carbocycles. The number of alkyl halides is 3. The van der Waals surface area contributed by atoms with E-state index in [0.717, 1.165) is 31.1 Å². The van der Waals surface area contributed by atoms with Crippen molar-refractivity contribution in [2.24, 2.45) is 5.41 Å². The lowest BCUT2D eigenvalue weighted by Crippen LogP contribution is -2.59. The van der Waals surface area contributed by atoms with Gasteiger partial charge < -0.3 is 15.0 Å². The lowest BCUT2D eigenvalue weighted by Gasteiger charge is -2.51. The predicted octanol–water partition coefficient (Wildman–Crippen LogP) is 5.24. The van der Waals surface area contributed by atoms with E-state index in [1.54, 1.807) is 6.07 Å². The van der Waals surface area contributed by atoms with Crippen LogP contribution in [0.25, 0.3) is 0 Å². The lowest BCUT2D eigenvalue weighted by atomic mass is 9.62. The van der Waals surface area contributed by atoms with Crippen molar-refractivity contribution in [1.82, 2.24) is 10.2 Å². The molecule has 2 fully saturated rings. The van der Waals surface area contributed by atoms with E-state index in [4.69, 9.17) is 4.74 Å². The first-order chi connectivity index (χ1) is 15.7. The van der Waals surface area contributed by atoms with Crippen molar-refractivity contribution in [2.75, 3.05) is 33.3 Å². The summed E-state index contributed by atoms with van der Waals surface area (Å²) in [7, 11) is 0.958.